The van der Waals surface area contributed by atoms with Crippen LogP contribution in [0.1, 0.15) is 5.56 Å². The first-order chi connectivity index (χ1) is 11.6. The van der Waals surface area contributed by atoms with Crippen molar-refractivity contribution in [2.24, 2.45) is 0 Å². The van der Waals surface area contributed by atoms with E-state index in [4.69, 9.17) is 0 Å². The highest BCUT2D eigenvalue weighted by Gasteiger charge is 2.14. The van der Waals surface area contributed by atoms with E-state index in [9.17, 15) is 14.9 Å². The van der Waals surface area contributed by atoms with Gasteiger partial charge in [0.05, 0.1) is 23.9 Å². The van der Waals surface area contributed by atoms with Crippen molar-refractivity contribution in [3.63, 3.8) is 0 Å². The van der Waals surface area contributed by atoms with Gasteiger partial charge in [-0.3, -0.25) is 10.1 Å². The SMILES string of the molecule is O=C(Cn1ccc([N+](=O)[O-])n1)Nc1ncn(Cc2ccccc2)n1. The Morgan fingerprint density at radius 3 is 2.67 bits per heavy atom. The fourth-order valence-corrected chi connectivity index (χ4v) is 2.05. The second kappa shape index (κ2) is 6.69. The van der Waals surface area contributed by atoms with Crippen LogP contribution < -0.4 is 5.32 Å². The third-order valence-electron chi connectivity index (χ3n) is 3.09. The van der Waals surface area contributed by atoms with Crippen LogP contribution in [-0.4, -0.2) is 35.4 Å². The summed E-state index contributed by atoms with van der Waals surface area (Å²) in [6, 6.07) is 10.9. The van der Waals surface area contributed by atoms with Crippen molar-refractivity contribution in [1.29, 1.82) is 0 Å². The van der Waals surface area contributed by atoms with E-state index in [1.54, 1.807) is 4.68 Å². The summed E-state index contributed by atoms with van der Waals surface area (Å²) in [5.74, 6) is -0.573. The number of nitrogens with zero attached hydrogens (tertiary/aromatic N) is 6. The lowest BCUT2D eigenvalue weighted by atomic mass is 10.2. The van der Waals surface area contributed by atoms with Crippen molar-refractivity contribution in [2.75, 3.05) is 5.32 Å². The molecule has 0 aliphatic rings. The minimum atomic E-state index is -0.624. The monoisotopic (exact) mass is 327 g/mol. The summed E-state index contributed by atoms with van der Waals surface area (Å²) in [5, 5.41) is 20.9. The predicted octanol–water partition coefficient (Wildman–Crippen LogP) is 1.07. The zero-order valence-electron chi connectivity index (χ0n) is 12.4. The number of benzene rings is 1. The van der Waals surface area contributed by atoms with Gasteiger partial charge in [0.15, 0.2) is 0 Å². The van der Waals surface area contributed by atoms with Gasteiger partial charge in [0, 0.05) is 0 Å². The summed E-state index contributed by atoms with van der Waals surface area (Å²) in [6.07, 6.45) is 2.88. The molecular weight excluding hydrogens is 314 g/mol. The Morgan fingerprint density at radius 1 is 1.17 bits per heavy atom. The van der Waals surface area contributed by atoms with E-state index in [1.807, 2.05) is 30.3 Å². The maximum atomic E-state index is 11.9. The number of hydrogen-bond acceptors (Lipinski definition) is 6. The molecule has 0 saturated carbocycles. The number of hydrogen-bond donors (Lipinski definition) is 1. The zero-order valence-corrected chi connectivity index (χ0v) is 12.4. The van der Waals surface area contributed by atoms with Crippen molar-refractivity contribution >= 4 is 17.7 Å². The van der Waals surface area contributed by atoms with Gasteiger partial charge in [-0.15, -0.1) is 5.10 Å². The molecule has 0 bridgehead atoms. The molecule has 24 heavy (non-hydrogen) atoms. The Balaban J connectivity index is 1.57. The fraction of sp³-hybridized carbons (Fsp3) is 0.143. The van der Waals surface area contributed by atoms with Gasteiger partial charge in [-0.05, 0) is 10.5 Å². The number of amides is 1. The number of carbonyl (C=O) groups excluding carboxylic acids is 1. The van der Waals surface area contributed by atoms with Crippen molar-refractivity contribution < 1.29 is 9.72 Å². The number of rotatable bonds is 6. The lowest BCUT2D eigenvalue weighted by Gasteiger charge is -2.00. The second-order valence-corrected chi connectivity index (χ2v) is 4.93. The zero-order chi connectivity index (χ0) is 16.9. The van der Waals surface area contributed by atoms with Gasteiger partial charge in [-0.1, -0.05) is 30.3 Å². The predicted molar refractivity (Wildman–Crippen MR) is 83.1 cm³/mol. The molecule has 10 heteroatoms. The molecule has 2 heterocycles. The average Bonchev–Trinajstić information content (AvgIpc) is 3.18. The molecule has 0 radical (unpaired) electrons. The third kappa shape index (κ3) is 3.80. The molecule has 0 saturated heterocycles. The van der Waals surface area contributed by atoms with Gasteiger partial charge in [0.25, 0.3) is 5.91 Å². The highest BCUT2D eigenvalue weighted by Crippen LogP contribution is 2.06. The molecule has 1 aromatic carbocycles. The Morgan fingerprint density at radius 2 is 1.96 bits per heavy atom. The Bertz CT molecular complexity index is 856. The van der Waals surface area contributed by atoms with Crippen molar-refractivity contribution in [2.45, 2.75) is 13.1 Å². The molecule has 2 aromatic heterocycles. The average molecular weight is 327 g/mol. The number of nitro groups is 1. The van der Waals surface area contributed by atoms with Crippen LogP contribution in [0.2, 0.25) is 0 Å². The summed E-state index contributed by atoms with van der Waals surface area (Å²) < 4.78 is 2.78. The first-order valence-electron chi connectivity index (χ1n) is 7.01. The van der Waals surface area contributed by atoms with E-state index < -0.39 is 10.8 Å². The maximum Gasteiger partial charge on any atom is 0.389 e. The topological polar surface area (TPSA) is 121 Å². The largest absolute Gasteiger partial charge is 0.389 e. The number of nitrogens with one attached hydrogen (secondary N) is 1. The lowest BCUT2D eigenvalue weighted by Crippen LogP contribution is -2.20. The van der Waals surface area contributed by atoms with Crippen molar-refractivity contribution in [1.82, 2.24) is 24.5 Å². The molecular formula is C14H13N7O3. The minimum Gasteiger partial charge on any atom is -0.358 e. The van der Waals surface area contributed by atoms with E-state index >= 15 is 0 Å². The number of aromatic nitrogens is 5. The third-order valence-corrected chi connectivity index (χ3v) is 3.09. The summed E-state index contributed by atoms with van der Waals surface area (Å²) in [6.45, 7) is 0.371. The summed E-state index contributed by atoms with van der Waals surface area (Å²) in [5.41, 5.74) is 1.06. The van der Waals surface area contributed by atoms with Crippen LogP contribution in [0, 0.1) is 10.1 Å². The lowest BCUT2D eigenvalue weighted by molar-refractivity contribution is -0.389. The van der Waals surface area contributed by atoms with Crippen LogP contribution in [0.25, 0.3) is 0 Å². The van der Waals surface area contributed by atoms with Crippen LogP contribution in [0.4, 0.5) is 11.8 Å². The number of anilines is 1. The quantitative estimate of drug-likeness (QED) is 0.534. The van der Waals surface area contributed by atoms with E-state index in [2.05, 4.69) is 20.5 Å². The molecule has 1 N–H and O–H groups in total. The first kappa shape index (κ1) is 15.3. The highest BCUT2D eigenvalue weighted by atomic mass is 16.6. The molecule has 0 unspecified atom stereocenters. The van der Waals surface area contributed by atoms with Crippen molar-refractivity contribution in [3.05, 3.63) is 64.6 Å². The maximum absolute atomic E-state index is 11.9. The Hall–Kier alpha value is -3.56. The van der Waals surface area contributed by atoms with E-state index in [0.29, 0.717) is 6.54 Å². The van der Waals surface area contributed by atoms with Gasteiger partial charge in [0.1, 0.15) is 12.9 Å². The summed E-state index contributed by atoms with van der Waals surface area (Å²) >= 11 is 0. The highest BCUT2D eigenvalue weighted by molar-refractivity contribution is 5.88. The molecule has 0 aliphatic carbocycles. The molecule has 3 rings (SSSR count). The van der Waals surface area contributed by atoms with Crippen LogP contribution >= 0.6 is 0 Å². The molecule has 10 nitrogen and oxygen atoms in total. The summed E-state index contributed by atoms with van der Waals surface area (Å²) in [4.78, 5) is 25.8. The summed E-state index contributed by atoms with van der Waals surface area (Å²) in [7, 11) is 0. The van der Waals surface area contributed by atoms with E-state index in [1.165, 1.54) is 23.3 Å². The Kier molecular flexibility index (Phi) is 4.27. The fourth-order valence-electron chi connectivity index (χ4n) is 2.05. The van der Waals surface area contributed by atoms with Crippen LogP contribution in [0.5, 0.6) is 0 Å². The number of carbonyl (C=O) groups is 1. The van der Waals surface area contributed by atoms with Crippen LogP contribution in [0.15, 0.2) is 48.9 Å². The molecule has 0 fully saturated rings. The molecule has 0 atom stereocenters. The molecule has 122 valence electrons. The van der Waals surface area contributed by atoms with E-state index in [0.717, 1.165) is 5.56 Å². The Labute approximate surface area is 135 Å². The minimum absolute atomic E-state index is 0.164. The molecule has 3 aromatic rings. The van der Waals surface area contributed by atoms with Gasteiger partial charge >= 0.3 is 5.82 Å². The van der Waals surface area contributed by atoms with Gasteiger partial charge in [-0.2, -0.15) is 4.68 Å². The van der Waals surface area contributed by atoms with Gasteiger partial charge in [-0.25, -0.2) is 9.67 Å². The molecule has 1 amide bonds. The second-order valence-electron chi connectivity index (χ2n) is 4.93. The van der Waals surface area contributed by atoms with Gasteiger partial charge < -0.3 is 10.1 Å². The molecule has 0 spiro atoms. The normalized spacial score (nSPS) is 10.5. The standard InChI is InChI=1S/C14H13N7O3/c22-13(9-19-7-6-12(17-19)21(23)24)16-14-15-10-20(18-14)8-11-4-2-1-3-5-11/h1-7,10H,8-9H2,(H,16,18,22). The van der Waals surface area contributed by atoms with Gasteiger partial charge in [0.2, 0.25) is 5.95 Å². The van der Waals surface area contributed by atoms with Crippen LogP contribution in [-0.2, 0) is 17.9 Å². The smallest absolute Gasteiger partial charge is 0.358 e. The van der Waals surface area contributed by atoms with E-state index in [-0.39, 0.29) is 18.3 Å². The van der Waals surface area contributed by atoms with Crippen LogP contribution in [0.3, 0.4) is 0 Å². The first-order valence-corrected chi connectivity index (χ1v) is 7.01. The molecule has 0 aliphatic heterocycles. The van der Waals surface area contributed by atoms with Crippen molar-refractivity contribution in [3.8, 4) is 0 Å².